The molecule has 4 heteroatoms. The lowest BCUT2D eigenvalue weighted by atomic mass is 10.2. The molecule has 0 saturated carbocycles. The number of carbonyl (C=O) groups is 1. The fourth-order valence-corrected chi connectivity index (χ4v) is 1.91. The van der Waals surface area contributed by atoms with E-state index in [1.165, 1.54) is 0 Å². The first-order valence-electron chi connectivity index (χ1n) is 5.97. The number of fused-ring (bicyclic) bond motifs is 1. The normalized spacial score (nSPS) is 10.5. The van der Waals surface area contributed by atoms with Crippen LogP contribution in [0.5, 0.6) is 0 Å². The first kappa shape index (κ1) is 11.5. The van der Waals surface area contributed by atoms with E-state index >= 15 is 0 Å². The standard InChI is InChI=1S/C15H12N2O2/c18-15(19-11-12-5-2-1-3-6-12)13-7-4-9-17-10-8-16-14(13)17/h1-10H,11H2. The van der Waals surface area contributed by atoms with Gasteiger partial charge < -0.3 is 9.14 Å². The highest BCUT2D eigenvalue weighted by molar-refractivity contribution is 5.95. The number of hydrogen-bond acceptors (Lipinski definition) is 3. The predicted octanol–water partition coefficient (Wildman–Crippen LogP) is 2.69. The van der Waals surface area contributed by atoms with Gasteiger partial charge in [-0.3, -0.25) is 0 Å². The summed E-state index contributed by atoms with van der Waals surface area (Å²) in [5, 5.41) is 0. The SMILES string of the molecule is O=C(OCc1ccccc1)c1cccn2ccnc12. The minimum atomic E-state index is -0.361. The Balaban J connectivity index is 1.79. The second-order valence-electron chi connectivity index (χ2n) is 4.14. The van der Waals surface area contributed by atoms with Crippen molar-refractivity contribution in [3.05, 3.63) is 72.2 Å². The summed E-state index contributed by atoms with van der Waals surface area (Å²) < 4.78 is 7.09. The lowest BCUT2D eigenvalue weighted by molar-refractivity contribution is 0.0474. The number of benzene rings is 1. The number of esters is 1. The van der Waals surface area contributed by atoms with Gasteiger partial charge in [-0.2, -0.15) is 0 Å². The van der Waals surface area contributed by atoms with E-state index in [1.807, 2.05) is 36.5 Å². The van der Waals surface area contributed by atoms with Crippen LogP contribution in [-0.2, 0) is 11.3 Å². The molecule has 0 unspecified atom stereocenters. The number of ether oxygens (including phenoxy) is 1. The number of nitrogens with zero attached hydrogens (tertiary/aromatic N) is 2. The van der Waals surface area contributed by atoms with E-state index in [1.54, 1.807) is 28.9 Å². The molecule has 0 aliphatic rings. The van der Waals surface area contributed by atoms with Crippen molar-refractivity contribution in [2.45, 2.75) is 6.61 Å². The number of imidazole rings is 1. The van der Waals surface area contributed by atoms with Crippen molar-refractivity contribution in [2.24, 2.45) is 0 Å². The highest BCUT2D eigenvalue weighted by Crippen LogP contribution is 2.11. The number of hydrogen-bond donors (Lipinski definition) is 0. The summed E-state index contributed by atoms with van der Waals surface area (Å²) in [5.41, 5.74) is 2.05. The largest absolute Gasteiger partial charge is 0.457 e. The maximum Gasteiger partial charge on any atom is 0.342 e. The zero-order valence-corrected chi connectivity index (χ0v) is 10.2. The molecule has 2 heterocycles. The minimum absolute atomic E-state index is 0.265. The van der Waals surface area contributed by atoms with Crippen LogP contribution in [-0.4, -0.2) is 15.4 Å². The van der Waals surface area contributed by atoms with E-state index in [2.05, 4.69) is 4.98 Å². The van der Waals surface area contributed by atoms with Gasteiger partial charge in [-0.05, 0) is 17.7 Å². The zero-order chi connectivity index (χ0) is 13.1. The van der Waals surface area contributed by atoms with Crippen LogP contribution in [0.2, 0.25) is 0 Å². The van der Waals surface area contributed by atoms with E-state index < -0.39 is 0 Å². The molecule has 0 N–H and O–H groups in total. The van der Waals surface area contributed by atoms with E-state index in [4.69, 9.17) is 4.74 Å². The lowest BCUT2D eigenvalue weighted by Crippen LogP contribution is -2.07. The van der Waals surface area contributed by atoms with Gasteiger partial charge in [0.2, 0.25) is 0 Å². The van der Waals surface area contributed by atoms with Crippen LogP contribution in [0.4, 0.5) is 0 Å². The number of rotatable bonds is 3. The molecule has 0 spiro atoms. The molecule has 0 saturated heterocycles. The molecule has 0 fully saturated rings. The Bertz CT molecular complexity index is 704. The van der Waals surface area contributed by atoms with Crippen molar-refractivity contribution in [2.75, 3.05) is 0 Å². The fourth-order valence-electron chi connectivity index (χ4n) is 1.91. The maximum absolute atomic E-state index is 12.1. The second kappa shape index (κ2) is 4.94. The van der Waals surface area contributed by atoms with E-state index in [9.17, 15) is 4.79 Å². The molecule has 0 atom stereocenters. The van der Waals surface area contributed by atoms with Crippen molar-refractivity contribution >= 4 is 11.6 Å². The zero-order valence-electron chi connectivity index (χ0n) is 10.2. The molecule has 4 nitrogen and oxygen atoms in total. The lowest BCUT2D eigenvalue weighted by Gasteiger charge is -2.05. The Morgan fingerprint density at radius 2 is 1.95 bits per heavy atom. The van der Waals surface area contributed by atoms with Crippen molar-refractivity contribution in [1.82, 2.24) is 9.38 Å². The van der Waals surface area contributed by atoms with Crippen LogP contribution in [0.1, 0.15) is 15.9 Å². The van der Waals surface area contributed by atoms with Gasteiger partial charge in [0.25, 0.3) is 0 Å². The molecular weight excluding hydrogens is 240 g/mol. The fraction of sp³-hybridized carbons (Fsp3) is 0.0667. The summed E-state index contributed by atoms with van der Waals surface area (Å²) in [4.78, 5) is 16.2. The molecule has 0 radical (unpaired) electrons. The summed E-state index contributed by atoms with van der Waals surface area (Å²) >= 11 is 0. The molecule has 0 amide bonds. The maximum atomic E-state index is 12.1. The van der Waals surface area contributed by atoms with Crippen molar-refractivity contribution < 1.29 is 9.53 Å². The molecule has 1 aromatic carbocycles. The molecule has 0 bridgehead atoms. The summed E-state index contributed by atoms with van der Waals surface area (Å²) in [6.45, 7) is 0.265. The Morgan fingerprint density at radius 3 is 2.79 bits per heavy atom. The van der Waals surface area contributed by atoms with Crippen LogP contribution in [0.15, 0.2) is 61.1 Å². The van der Waals surface area contributed by atoms with Gasteiger partial charge in [-0.25, -0.2) is 9.78 Å². The van der Waals surface area contributed by atoms with Crippen LogP contribution in [0, 0.1) is 0 Å². The number of aromatic nitrogens is 2. The molecule has 2 aromatic heterocycles. The summed E-state index contributed by atoms with van der Waals surface area (Å²) in [6.07, 6.45) is 5.29. The third kappa shape index (κ3) is 2.33. The first-order valence-corrected chi connectivity index (χ1v) is 5.97. The van der Waals surface area contributed by atoms with Gasteiger partial charge in [0.15, 0.2) is 5.65 Å². The Hall–Kier alpha value is -2.62. The number of carbonyl (C=O) groups excluding carboxylic acids is 1. The second-order valence-corrected chi connectivity index (χ2v) is 4.14. The van der Waals surface area contributed by atoms with Gasteiger partial charge in [0.1, 0.15) is 12.2 Å². The highest BCUT2D eigenvalue weighted by Gasteiger charge is 2.12. The predicted molar refractivity (Wildman–Crippen MR) is 70.8 cm³/mol. The van der Waals surface area contributed by atoms with Crippen molar-refractivity contribution in [3.63, 3.8) is 0 Å². The third-order valence-electron chi connectivity index (χ3n) is 2.85. The average molecular weight is 252 g/mol. The molecular formula is C15H12N2O2. The topological polar surface area (TPSA) is 43.6 Å². The Morgan fingerprint density at radius 1 is 1.11 bits per heavy atom. The first-order chi connectivity index (χ1) is 9.34. The quantitative estimate of drug-likeness (QED) is 0.673. The van der Waals surface area contributed by atoms with E-state index in [0.29, 0.717) is 11.2 Å². The Kier molecular flexibility index (Phi) is 2.98. The van der Waals surface area contributed by atoms with Crippen LogP contribution >= 0.6 is 0 Å². The van der Waals surface area contributed by atoms with E-state index in [0.717, 1.165) is 5.56 Å². The van der Waals surface area contributed by atoms with E-state index in [-0.39, 0.29) is 12.6 Å². The molecule has 3 rings (SSSR count). The summed E-state index contributed by atoms with van der Waals surface area (Å²) in [7, 11) is 0. The summed E-state index contributed by atoms with van der Waals surface area (Å²) in [6, 6.07) is 13.1. The van der Waals surface area contributed by atoms with Crippen molar-refractivity contribution in [3.8, 4) is 0 Å². The van der Waals surface area contributed by atoms with Crippen LogP contribution in [0.25, 0.3) is 5.65 Å². The van der Waals surface area contributed by atoms with Crippen LogP contribution < -0.4 is 0 Å². The highest BCUT2D eigenvalue weighted by atomic mass is 16.5. The monoisotopic (exact) mass is 252 g/mol. The molecule has 0 aliphatic heterocycles. The molecule has 0 aliphatic carbocycles. The molecule has 3 aromatic rings. The molecule has 94 valence electrons. The van der Waals surface area contributed by atoms with Crippen LogP contribution in [0.3, 0.4) is 0 Å². The third-order valence-corrected chi connectivity index (χ3v) is 2.85. The summed E-state index contributed by atoms with van der Waals surface area (Å²) in [5.74, 6) is -0.361. The number of pyridine rings is 1. The van der Waals surface area contributed by atoms with Gasteiger partial charge in [-0.1, -0.05) is 30.3 Å². The smallest absolute Gasteiger partial charge is 0.342 e. The van der Waals surface area contributed by atoms with Gasteiger partial charge >= 0.3 is 5.97 Å². The molecule has 19 heavy (non-hydrogen) atoms. The van der Waals surface area contributed by atoms with Crippen molar-refractivity contribution in [1.29, 1.82) is 0 Å². The average Bonchev–Trinajstić information content (AvgIpc) is 2.94. The van der Waals surface area contributed by atoms with Gasteiger partial charge in [0.05, 0.1) is 0 Å². The van der Waals surface area contributed by atoms with Gasteiger partial charge in [-0.15, -0.1) is 0 Å². The Labute approximate surface area is 110 Å². The minimum Gasteiger partial charge on any atom is -0.457 e. The van der Waals surface area contributed by atoms with Gasteiger partial charge in [0, 0.05) is 18.6 Å².